The van der Waals surface area contributed by atoms with Crippen LogP contribution in [0.3, 0.4) is 0 Å². The van der Waals surface area contributed by atoms with Gasteiger partial charge in [0, 0.05) is 5.56 Å². The first kappa shape index (κ1) is 14.1. The third-order valence-corrected chi connectivity index (χ3v) is 3.33. The van der Waals surface area contributed by atoms with Gasteiger partial charge in [-0.1, -0.05) is 12.1 Å². The maximum absolute atomic E-state index is 13.3. The molecule has 2 amide bonds. The lowest BCUT2D eigenvalue weighted by Crippen LogP contribution is -2.26. The number of ether oxygens (including phenoxy) is 1. The lowest BCUT2D eigenvalue weighted by molar-refractivity contribution is -0.118. The van der Waals surface area contributed by atoms with Crippen LogP contribution in [-0.2, 0) is 4.79 Å². The van der Waals surface area contributed by atoms with Gasteiger partial charge in [-0.25, -0.2) is 4.39 Å². The van der Waals surface area contributed by atoms with Crippen molar-refractivity contribution >= 4 is 23.2 Å². The van der Waals surface area contributed by atoms with Gasteiger partial charge in [-0.3, -0.25) is 9.59 Å². The predicted molar refractivity (Wildman–Crippen MR) is 79.7 cm³/mol. The molecule has 0 saturated carbocycles. The summed E-state index contributed by atoms with van der Waals surface area (Å²) in [5.74, 6) is -0.776. The highest BCUT2D eigenvalue weighted by atomic mass is 19.1. The van der Waals surface area contributed by atoms with Gasteiger partial charge in [0.25, 0.3) is 11.8 Å². The standard InChI is InChI=1S/C16H13FN2O3/c1-9-5-6-10(17)7-11(9)16(21)19-13-4-2-3-12-15(13)22-8-14(20)18-12/h2-7H,8H2,1H3,(H,18,20)(H,19,21). The summed E-state index contributed by atoms with van der Waals surface area (Å²) >= 11 is 0. The molecule has 0 aromatic heterocycles. The molecule has 2 N–H and O–H groups in total. The Morgan fingerprint density at radius 2 is 2.14 bits per heavy atom. The van der Waals surface area contributed by atoms with Gasteiger partial charge in [-0.2, -0.15) is 0 Å². The van der Waals surface area contributed by atoms with Crippen molar-refractivity contribution in [1.82, 2.24) is 0 Å². The second kappa shape index (κ2) is 5.48. The highest BCUT2D eigenvalue weighted by molar-refractivity contribution is 6.07. The summed E-state index contributed by atoms with van der Waals surface area (Å²) in [5, 5.41) is 5.35. The summed E-state index contributed by atoms with van der Waals surface area (Å²) < 4.78 is 18.7. The van der Waals surface area contributed by atoms with Crippen LogP contribution in [0, 0.1) is 12.7 Å². The Morgan fingerprint density at radius 3 is 2.95 bits per heavy atom. The quantitative estimate of drug-likeness (QED) is 0.896. The largest absolute Gasteiger partial charge is 0.479 e. The van der Waals surface area contributed by atoms with Crippen molar-refractivity contribution in [2.75, 3.05) is 17.2 Å². The molecule has 5 nitrogen and oxygen atoms in total. The van der Waals surface area contributed by atoms with Gasteiger partial charge in [-0.15, -0.1) is 0 Å². The molecule has 0 fully saturated rings. The molecule has 1 aliphatic rings. The molecule has 0 radical (unpaired) electrons. The molecule has 0 aliphatic carbocycles. The first-order valence-corrected chi connectivity index (χ1v) is 6.68. The topological polar surface area (TPSA) is 67.4 Å². The van der Waals surface area contributed by atoms with Gasteiger partial charge in [0.15, 0.2) is 12.4 Å². The fraction of sp³-hybridized carbons (Fsp3) is 0.125. The number of anilines is 2. The summed E-state index contributed by atoms with van der Waals surface area (Å²) in [7, 11) is 0. The number of hydrogen-bond acceptors (Lipinski definition) is 3. The molecular weight excluding hydrogens is 287 g/mol. The van der Waals surface area contributed by atoms with E-state index in [9.17, 15) is 14.0 Å². The molecule has 3 rings (SSSR count). The van der Waals surface area contributed by atoms with Gasteiger partial charge >= 0.3 is 0 Å². The molecule has 112 valence electrons. The summed E-state index contributed by atoms with van der Waals surface area (Å²) in [6.45, 7) is 1.62. The first-order chi connectivity index (χ1) is 10.5. The zero-order valence-corrected chi connectivity index (χ0v) is 11.8. The van der Waals surface area contributed by atoms with E-state index in [1.165, 1.54) is 12.1 Å². The number of rotatable bonds is 2. The zero-order valence-electron chi connectivity index (χ0n) is 11.8. The molecule has 1 aliphatic heterocycles. The van der Waals surface area contributed by atoms with Crippen molar-refractivity contribution < 1.29 is 18.7 Å². The van der Waals surface area contributed by atoms with Crippen molar-refractivity contribution in [3.05, 3.63) is 53.3 Å². The lowest BCUT2D eigenvalue weighted by Gasteiger charge is -2.21. The lowest BCUT2D eigenvalue weighted by atomic mass is 10.1. The number of para-hydroxylation sites is 1. The van der Waals surface area contributed by atoms with Crippen LogP contribution in [0.1, 0.15) is 15.9 Å². The maximum atomic E-state index is 13.3. The van der Waals surface area contributed by atoms with E-state index in [0.717, 1.165) is 0 Å². The van der Waals surface area contributed by atoms with Crippen LogP contribution in [0.15, 0.2) is 36.4 Å². The highest BCUT2D eigenvalue weighted by Crippen LogP contribution is 2.35. The fourth-order valence-corrected chi connectivity index (χ4v) is 2.24. The summed E-state index contributed by atoms with van der Waals surface area (Å²) in [5.41, 5.74) is 1.83. The van der Waals surface area contributed by atoms with E-state index in [1.54, 1.807) is 31.2 Å². The Balaban J connectivity index is 1.90. The summed E-state index contributed by atoms with van der Waals surface area (Å²) in [6, 6.07) is 9.04. The normalized spacial score (nSPS) is 12.9. The molecule has 2 aromatic carbocycles. The van der Waals surface area contributed by atoms with E-state index in [4.69, 9.17) is 4.74 Å². The molecule has 0 spiro atoms. The molecule has 1 heterocycles. The predicted octanol–water partition coefficient (Wildman–Crippen LogP) is 2.72. The number of carbonyl (C=O) groups excluding carboxylic acids is 2. The number of nitrogens with one attached hydrogen (secondary N) is 2. The summed E-state index contributed by atoms with van der Waals surface area (Å²) in [6.07, 6.45) is 0. The molecule has 0 atom stereocenters. The highest BCUT2D eigenvalue weighted by Gasteiger charge is 2.20. The van der Waals surface area contributed by atoms with Crippen LogP contribution in [0.2, 0.25) is 0 Å². The summed E-state index contributed by atoms with van der Waals surface area (Å²) in [4.78, 5) is 23.6. The van der Waals surface area contributed by atoms with E-state index in [2.05, 4.69) is 10.6 Å². The molecule has 0 bridgehead atoms. The zero-order chi connectivity index (χ0) is 15.7. The number of aryl methyl sites for hydroxylation is 1. The van der Waals surface area contributed by atoms with Crippen LogP contribution in [-0.4, -0.2) is 18.4 Å². The van der Waals surface area contributed by atoms with Crippen LogP contribution < -0.4 is 15.4 Å². The Labute approximate surface area is 126 Å². The van der Waals surface area contributed by atoms with Crippen LogP contribution in [0.5, 0.6) is 5.75 Å². The number of amides is 2. The van der Waals surface area contributed by atoms with Gasteiger partial charge < -0.3 is 15.4 Å². The van der Waals surface area contributed by atoms with E-state index in [0.29, 0.717) is 22.7 Å². The number of halogens is 1. The second-order valence-corrected chi connectivity index (χ2v) is 4.93. The van der Waals surface area contributed by atoms with Crippen molar-refractivity contribution in [1.29, 1.82) is 0 Å². The molecule has 0 unspecified atom stereocenters. The molecule has 2 aromatic rings. The molecule has 22 heavy (non-hydrogen) atoms. The Hall–Kier alpha value is -2.89. The van der Waals surface area contributed by atoms with Gasteiger partial charge in [0.2, 0.25) is 0 Å². The van der Waals surface area contributed by atoms with Crippen molar-refractivity contribution in [3.63, 3.8) is 0 Å². The van der Waals surface area contributed by atoms with Crippen LogP contribution in [0.25, 0.3) is 0 Å². The van der Waals surface area contributed by atoms with E-state index >= 15 is 0 Å². The SMILES string of the molecule is Cc1ccc(F)cc1C(=O)Nc1cccc2c1OCC(=O)N2. The minimum absolute atomic E-state index is 0.112. The Bertz CT molecular complexity index is 774. The van der Waals surface area contributed by atoms with E-state index < -0.39 is 11.7 Å². The van der Waals surface area contributed by atoms with Gasteiger partial charge in [0.1, 0.15) is 5.82 Å². The van der Waals surface area contributed by atoms with Gasteiger partial charge in [0.05, 0.1) is 11.4 Å². The first-order valence-electron chi connectivity index (χ1n) is 6.68. The molecule has 0 saturated heterocycles. The van der Waals surface area contributed by atoms with Gasteiger partial charge in [-0.05, 0) is 36.8 Å². The second-order valence-electron chi connectivity index (χ2n) is 4.93. The van der Waals surface area contributed by atoms with E-state index in [1.807, 2.05) is 0 Å². The maximum Gasteiger partial charge on any atom is 0.262 e. The smallest absolute Gasteiger partial charge is 0.262 e. The molecule has 6 heteroatoms. The monoisotopic (exact) mass is 300 g/mol. The number of benzene rings is 2. The van der Waals surface area contributed by atoms with Crippen molar-refractivity contribution in [2.45, 2.75) is 6.92 Å². The minimum atomic E-state index is -0.477. The van der Waals surface area contributed by atoms with E-state index in [-0.39, 0.29) is 18.1 Å². The average Bonchev–Trinajstić information content (AvgIpc) is 2.49. The van der Waals surface area contributed by atoms with Crippen molar-refractivity contribution in [2.24, 2.45) is 0 Å². The Kier molecular flexibility index (Phi) is 3.50. The number of carbonyl (C=O) groups is 2. The Morgan fingerprint density at radius 1 is 1.32 bits per heavy atom. The van der Waals surface area contributed by atoms with Crippen LogP contribution in [0.4, 0.5) is 15.8 Å². The van der Waals surface area contributed by atoms with Crippen LogP contribution >= 0.6 is 0 Å². The average molecular weight is 300 g/mol. The third kappa shape index (κ3) is 2.63. The number of fused-ring (bicyclic) bond motifs is 1. The minimum Gasteiger partial charge on any atom is -0.479 e. The molecular formula is C16H13FN2O3. The number of hydrogen-bond donors (Lipinski definition) is 2. The fourth-order valence-electron chi connectivity index (χ4n) is 2.24. The van der Waals surface area contributed by atoms with Crippen molar-refractivity contribution in [3.8, 4) is 5.75 Å². The third-order valence-electron chi connectivity index (χ3n) is 3.33.